The van der Waals surface area contributed by atoms with Crippen molar-refractivity contribution in [2.24, 2.45) is 11.8 Å². The maximum atomic E-state index is 12.5. The number of rotatable bonds is 34. The first-order valence-corrected chi connectivity index (χ1v) is 19.8. The van der Waals surface area contributed by atoms with Crippen LogP contribution in [0.15, 0.2) is 0 Å². The number of carbonyl (C=O) groups is 3. The van der Waals surface area contributed by atoms with Gasteiger partial charge in [0.05, 0.1) is 6.61 Å². The molecule has 0 rings (SSSR count). The van der Waals surface area contributed by atoms with Crippen LogP contribution in [0.2, 0.25) is 0 Å². The van der Waals surface area contributed by atoms with Crippen LogP contribution in [0.3, 0.4) is 0 Å². The molecule has 0 aliphatic carbocycles. The summed E-state index contributed by atoms with van der Waals surface area (Å²) in [7, 11) is 4.05. The maximum Gasteiger partial charge on any atom is 0.306 e. The molecule has 0 saturated heterocycles. The Morgan fingerprint density at radius 2 is 1.07 bits per heavy atom. The Morgan fingerprint density at radius 1 is 0.522 bits per heavy atom. The summed E-state index contributed by atoms with van der Waals surface area (Å²) in [6.45, 7) is 10.3. The van der Waals surface area contributed by atoms with Crippen LogP contribution < -0.4 is 0 Å². The van der Waals surface area contributed by atoms with Gasteiger partial charge in [0.25, 0.3) is 0 Å². The molecule has 46 heavy (non-hydrogen) atoms. The second-order valence-electron chi connectivity index (χ2n) is 14.2. The van der Waals surface area contributed by atoms with E-state index in [0.29, 0.717) is 37.1 Å². The average Bonchev–Trinajstić information content (AvgIpc) is 3.03. The number of nitrogens with zero attached hydrogens (tertiary/aromatic N) is 1. The van der Waals surface area contributed by atoms with E-state index < -0.39 is 0 Å². The van der Waals surface area contributed by atoms with Crippen molar-refractivity contribution < 1.29 is 23.9 Å². The molecule has 0 fully saturated rings. The van der Waals surface area contributed by atoms with Crippen molar-refractivity contribution in [3.8, 4) is 0 Å². The molecular weight excluding hydrogens is 574 g/mol. The van der Waals surface area contributed by atoms with Gasteiger partial charge in [-0.1, -0.05) is 111 Å². The Labute approximate surface area is 285 Å². The van der Waals surface area contributed by atoms with Crippen LogP contribution in [-0.2, 0) is 23.9 Å². The van der Waals surface area contributed by atoms with E-state index in [0.717, 1.165) is 116 Å². The Hall–Kier alpha value is -1.43. The summed E-state index contributed by atoms with van der Waals surface area (Å²) in [5.74, 6) is 1.68. The van der Waals surface area contributed by atoms with E-state index in [9.17, 15) is 14.4 Å². The Bertz CT molecular complexity index is 678. The number of unbranched alkanes of at least 4 members (excludes halogenated alkanes) is 9. The summed E-state index contributed by atoms with van der Waals surface area (Å²) in [6, 6.07) is 0. The van der Waals surface area contributed by atoms with Crippen LogP contribution in [0.4, 0.5) is 0 Å². The molecule has 6 nitrogen and oxygen atoms in total. The van der Waals surface area contributed by atoms with Crippen LogP contribution in [0.25, 0.3) is 0 Å². The predicted octanol–water partition coefficient (Wildman–Crippen LogP) is 11.0. The summed E-state index contributed by atoms with van der Waals surface area (Å²) < 4.78 is 11.4. The van der Waals surface area contributed by atoms with Crippen LogP contribution in [-0.4, -0.2) is 56.0 Å². The van der Waals surface area contributed by atoms with E-state index in [4.69, 9.17) is 9.47 Å². The van der Waals surface area contributed by atoms with Crippen LogP contribution in [0, 0.1) is 11.8 Å². The molecular formula is C40H77NO5. The number of Topliss-reactive ketones (excluding diaryl/α,β-unsaturated/α-hetero) is 1. The summed E-state index contributed by atoms with van der Waals surface area (Å²) in [6.07, 6.45) is 26.4. The van der Waals surface area contributed by atoms with Crippen molar-refractivity contribution >= 4 is 17.7 Å². The lowest BCUT2D eigenvalue weighted by molar-refractivity contribution is -0.150. The molecule has 0 bridgehead atoms. The quantitative estimate of drug-likeness (QED) is 0.0509. The van der Waals surface area contributed by atoms with Gasteiger partial charge >= 0.3 is 11.9 Å². The minimum Gasteiger partial charge on any atom is -0.466 e. The van der Waals surface area contributed by atoms with Gasteiger partial charge in [-0.25, -0.2) is 0 Å². The maximum absolute atomic E-state index is 12.5. The van der Waals surface area contributed by atoms with E-state index in [-0.39, 0.29) is 18.0 Å². The van der Waals surface area contributed by atoms with Crippen molar-refractivity contribution in [1.29, 1.82) is 0 Å². The van der Waals surface area contributed by atoms with Crippen molar-refractivity contribution in [2.45, 2.75) is 201 Å². The first kappa shape index (κ1) is 44.6. The molecule has 0 heterocycles. The zero-order valence-corrected chi connectivity index (χ0v) is 31.5. The molecule has 3 unspecified atom stereocenters. The highest BCUT2D eigenvalue weighted by Gasteiger charge is 2.15. The van der Waals surface area contributed by atoms with Gasteiger partial charge < -0.3 is 14.4 Å². The lowest BCUT2D eigenvalue weighted by Gasteiger charge is -2.18. The molecule has 0 aliphatic rings. The highest BCUT2D eigenvalue weighted by Crippen LogP contribution is 2.21. The number of ketones is 1. The number of carbonyl (C=O) groups excluding carboxylic acids is 3. The molecule has 0 aromatic rings. The Balaban J connectivity index is 4.25. The summed E-state index contributed by atoms with van der Waals surface area (Å²) >= 11 is 0. The molecule has 0 aromatic carbocycles. The number of ether oxygens (including phenoxy) is 2. The number of hydrogen-bond acceptors (Lipinski definition) is 6. The second-order valence-corrected chi connectivity index (χ2v) is 14.2. The van der Waals surface area contributed by atoms with Crippen LogP contribution >= 0.6 is 0 Å². The zero-order chi connectivity index (χ0) is 34.3. The third-order valence-electron chi connectivity index (χ3n) is 9.62. The molecule has 0 aromatic heterocycles. The summed E-state index contributed by atoms with van der Waals surface area (Å²) in [5.41, 5.74) is 0. The van der Waals surface area contributed by atoms with Crippen LogP contribution in [0.1, 0.15) is 195 Å². The average molecular weight is 652 g/mol. The number of esters is 2. The number of hydrogen-bond donors (Lipinski definition) is 0. The van der Waals surface area contributed by atoms with Gasteiger partial charge in [-0.15, -0.1) is 0 Å². The minimum atomic E-state index is -0.0720. The largest absolute Gasteiger partial charge is 0.466 e. The summed E-state index contributed by atoms with van der Waals surface area (Å²) in [5, 5.41) is 0. The Morgan fingerprint density at radius 3 is 1.63 bits per heavy atom. The van der Waals surface area contributed by atoms with Gasteiger partial charge in [-0.2, -0.15) is 0 Å². The van der Waals surface area contributed by atoms with Crippen molar-refractivity contribution in [2.75, 3.05) is 27.2 Å². The minimum absolute atomic E-state index is 0.00954. The lowest BCUT2D eigenvalue weighted by atomic mass is 9.92. The first-order valence-electron chi connectivity index (χ1n) is 19.8. The van der Waals surface area contributed by atoms with Gasteiger partial charge in [0.2, 0.25) is 0 Å². The molecule has 272 valence electrons. The first-order chi connectivity index (χ1) is 22.2. The second kappa shape index (κ2) is 32.1. The van der Waals surface area contributed by atoms with Gasteiger partial charge in [-0.05, 0) is 90.3 Å². The Kier molecular flexibility index (Phi) is 31.1. The van der Waals surface area contributed by atoms with Gasteiger partial charge in [0, 0.05) is 25.7 Å². The molecule has 6 heteroatoms. The monoisotopic (exact) mass is 652 g/mol. The topological polar surface area (TPSA) is 72.9 Å². The van der Waals surface area contributed by atoms with E-state index in [2.05, 4.69) is 32.6 Å². The fourth-order valence-corrected chi connectivity index (χ4v) is 6.26. The third-order valence-corrected chi connectivity index (χ3v) is 9.62. The molecule has 0 aliphatic heterocycles. The van der Waals surface area contributed by atoms with E-state index in [1.165, 1.54) is 44.9 Å². The predicted molar refractivity (Wildman–Crippen MR) is 194 cm³/mol. The molecule has 0 radical (unpaired) electrons. The molecule has 0 saturated carbocycles. The van der Waals surface area contributed by atoms with Gasteiger partial charge in [-0.3, -0.25) is 14.4 Å². The fraction of sp³-hybridized carbons (Fsp3) is 0.925. The normalized spacial score (nSPS) is 13.5. The third kappa shape index (κ3) is 28.8. The zero-order valence-electron chi connectivity index (χ0n) is 31.5. The van der Waals surface area contributed by atoms with Crippen LogP contribution in [0.5, 0.6) is 0 Å². The standard InChI is InChI=1S/C40H77NO5/c1-7-11-23-35(9-3)29-31-37(42)25-18-14-13-15-19-26-38(46-40(44)28-22-33-41(5)6)27-20-16-17-21-34-45-39(43)32-30-36(10-4)24-12-8-2/h35-36,38H,7-34H2,1-6H3. The van der Waals surface area contributed by atoms with Crippen molar-refractivity contribution in [1.82, 2.24) is 4.90 Å². The van der Waals surface area contributed by atoms with E-state index >= 15 is 0 Å². The highest BCUT2D eigenvalue weighted by atomic mass is 16.5. The van der Waals surface area contributed by atoms with E-state index in [1.54, 1.807) is 0 Å². The van der Waals surface area contributed by atoms with Crippen molar-refractivity contribution in [3.63, 3.8) is 0 Å². The molecule has 3 atom stereocenters. The summed E-state index contributed by atoms with van der Waals surface area (Å²) in [4.78, 5) is 39.1. The molecule has 0 N–H and O–H groups in total. The van der Waals surface area contributed by atoms with Crippen molar-refractivity contribution in [3.05, 3.63) is 0 Å². The smallest absolute Gasteiger partial charge is 0.306 e. The van der Waals surface area contributed by atoms with Gasteiger partial charge in [0.1, 0.15) is 11.9 Å². The fourth-order valence-electron chi connectivity index (χ4n) is 6.26. The molecule has 0 spiro atoms. The highest BCUT2D eigenvalue weighted by molar-refractivity contribution is 5.78. The SMILES string of the molecule is CCCCC(CC)CCC(=O)CCCCCCCC(CCCCCCOC(=O)CCC(CC)CCCC)OC(=O)CCCN(C)C. The lowest BCUT2D eigenvalue weighted by Crippen LogP contribution is -2.20. The van der Waals surface area contributed by atoms with E-state index in [1.807, 2.05) is 14.1 Å². The van der Waals surface area contributed by atoms with Gasteiger partial charge in [0.15, 0.2) is 0 Å². The molecule has 0 amide bonds.